The van der Waals surface area contributed by atoms with Crippen molar-refractivity contribution >= 4 is 5.69 Å². The lowest BCUT2D eigenvalue weighted by molar-refractivity contribution is 0.230. The lowest BCUT2D eigenvalue weighted by Crippen LogP contribution is -2.18. The van der Waals surface area contributed by atoms with Crippen LogP contribution in [0, 0.1) is 5.92 Å². The highest BCUT2D eigenvalue weighted by Crippen LogP contribution is 2.23. The van der Waals surface area contributed by atoms with Gasteiger partial charge in [0, 0.05) is 18.8 Å². The Morgan fingerprint density at radius 1 is 1.12 bits per heavy atom. The summed E-state index contributed by atoms with van der Waals surface area (Å²) >= 11 is 0. The molecule has 0 amide bonds. The monoisotopic (exact) mass is 235 g/mol. The molecule has 0 radical (unpaired) electrons. The second kappa shape index (κ2) is 7.33. The minimum atomic E-state index is 0.263. The molecule has 0 aromatic heterocycles. The number of para-hydroxylation sites is 1. The summed E-state index contributed by atoms with van der Waals surface area (Å²) in [6.45, 7) is 7.61. The van der Waals surface area contributed by atoms with Gasteiger partial charge in [0.2, 0.25) is 0 Å². The molecule has 1 aromatic rings. The fraction of sp³-hybridized carbons (Fsp3) is 0.600. The Morgan fingerprint density at radius 3 is 2.12 bits per heavy atom. The molecular weight excluding hydrogens is 210 g/mol. The van der Waals surface area contributed by atoms with Gasteiger partial charge in [-0.05, 0) is 36.3 Å². The predicted molar refractivity (Wildman–Crippen MR) is 74.6 cm³/mol. The third-order valence-electron chi connectivity index (χ3n) is 3.40. The molecule has 0 fully saturated rings. The van der Waals surface area contributed by atoms with Gasteiger partial charge >= 0.3 is 0 Å². The van der Waals surface area contributed by atoms with E-state index in [1.807, 2.05) is 0 Å². The maximum Gasteiger partial charge on any atom is 0.0475 e. The van der Waals surface area contributed by atoms with Crippen molar-refractivity contribution in [3.63, 3.8) is 0 Å². The maximum absolute atomic E-state index is 9.22. The standard InChI is InChI=1S/C15H25NO/c1-4-12(11-17)10-16-15-13(5-2)8-7-9-14(15)6-3/h7-9,12,16-17H,4-6,10-11H2,1-3H3. The van der Waals surface area contributed by atoms with E-state index in [1.54, 1.807) is 0 Å². The van der Waals surface area contributed by atoms with E-state index in [0.717, 1.165) is 25.8 Å². The Balaban J connectivity index is 2.80. The Kier molecular flexibility index (Phi) is 6.06. The summed E-state index contributed by atoms with van der Waals surface area (Å²) in [5.41, 5.74) is 4.03. The van der Waals surface area contributed by atoms with Crippen molar-refractivity contribution in [3.05, 3.63) is 29.3 Å². The van der Waals surface area contributed by atoms with Crippen molar-refractivity contribution in [1.82, 2.24) is 0 Å². The zero-order valence-electron chi connectivity index (χ0n) is 11.3. The number of anilines is 1. The van der Waals surface area contributed by atoms with Gasteiger partial charge in [-0.15, -0.1) is 0 Å². The minimum absolute atomic E-state index is 0.263. The van der Waals surface area contributed by atoms with Crippen LogP contribution >= 0.6 is 0 Å². The second-order valence-corrected chi connectivity index (χ2v) is 4.50. The van der Waals surface area contributed by atoms with Gasteiger partial charge < -0.3 is 10.4 Å². The summed E-state index contributed by atoms with van der Waals surface area (Å²) in [4.78, 5) is 0. The number of rotatable bonds is 7. The van der Waals surface area contributed by atoms with E-state index in [4.69, 9.17) is 0 Å². The molecule has 0 spiro atoms. The highest BCUT2D eigenvalue weighted by atomic mass is 16.3. The molecule has 0 aliphatic heterocycles. The van der Waals surface area contributed by atoms with Crippen LogP contribution in [0.2, 0.25) is 0 Å². The molecule has 2 N–H and O–H groups in total. The average Bonchev–Trinajstić information content (AvgIpc) is 2.39. The van der Waals surface area contributed by atoms with Crippen molar-refractivity contribution < 1.29 is 5.11 Å². The predicted octanol–water partition coefficient (Wildman–Crippen LogP) is 3.24. The largest absolute Gasteiger partial charge is 0.396 e. The number of aliphatic hydroxyl groups is 1. The quantitative estimate of drug-likeness (QED) is 0.760. The Hall–Kier alpha value is -1.02. The highest BCUT2D eigenvalue weighted by molar-refractivity contribution is 5.57. The topological polar surface area (TPSA) is 32.3 Å². The number of benzene rings is 1. The van der Waals surface area contributed by atoms with E-state index < -0.39 is 0 Å². The Bertz CT molecular complexity index is 309. The molecule has 2 nitrogen and oxygen atoms in total. The fourth-order valence-electron chi connectivity index (χ4n) is 2.05. The molecule has 96 valence electrons. The molecular formula is C15H25NO. The summed E-state index contributed by atoms with van der Waals surface area (Å²) in [6.07, 6.45) is 3.11. The van der Waals surface area contributed by atoms with Crippen molar-refractivity contribution in [2.45, 2.75) is 40.0 Å². The van der Waals surface area contributed by atoms with Crippen LogP contribution in [0.5, 0.6) is 0 Å². The van der Waals surface area contributed by atoms with Crippen LogP contribution in [0.25, 0.3) is 0 Å². The molecule has 1 rings (SSSR count). The van der Waals surface area contributed by atoms with Crippen LogP contribution in [0.1, 0.15) is 38.3 Å². The first-order valence-corrected chi connectivity index (χ1v) is 6.72. The van der Waals surface area contributed by atoms with Crippen LogP contribution in [0.15, 0.2) is 18.2 Å². The van der Waals surface area contributed by atoms with Gasteiger partial charge in [-0.1, -0.05) is 39.0 Å². The Morgan fingerprint density at radius 2 is 1.71 bits per heavy atom. The van der Waals surface area contributed by atoms with Crippen molar-refractivity contribution in [2.75, 3.05) is 18.5 Å². The van der Waals surface area contributed by atoms with Gasteiger partial charge in [-0.2, -0.15) is 0 Å². The summed E-state index contributed by atoms with van der Waals surface area (Å²) in [6, 6.07) is 6.50. The van der Waals surface area contributed by atoms with Crippen LogP contribution in [0.4, 0.5) is 5.69 Å². The van der Waals surface area contributed by atoms with E-state index in [1.165, 1.54) is 16.8 Å². The van der Waals surface area contributed by atoms with Crippen LogP contribution in [-0.2, 0) is 12.8 Å². The Labute approximate surface area is 105 Å². The average molecular weight is 235 g/mol. The first-order valence-electron chi connectivity index (χ1n) is 6.72. The first-order chi connectivity index (χ1) is 8.26. The van der Waals surface area contributed by atoms with E-state index in [-0.39, 0.29) is 6.61 Å². The second-order valence-electron chi connectivity index (χ2n) is 4.50. The van der Waals surface area contributed by atoms with Crippen molar-refractivity contribution in [2.24, 2.45) is 5.92 Å². The number of hydrogen-bond donors (Lipinski definition) is 2. The molecule has 0 aliphatic rings. The zero-order valence-corrected chi connectivity index (χ0v) is 11.3. The zero-order chi connectivity index (χ0) is 12.7. The normalized spacial score (nSPS) is 12.5. The molecule has 1 atom stereocenters. The van der Waals surface area contributed by atoms with Gasteiger partial charge in [0.15, 0.2) is 0 Å². The number of nitrogens with one attached hydrogen (secondary N) is 1. The summed E-state index contributed by atoms with van der Waals surface area (Å²) in [5, 5.41) is 12.7. The minimum Gasteiger partial charge on any atom is -0.396 e. The number of aliphatic hydroxyl groups excluding tert-OH is 1. The third-order valence-corrected chi connectivity index (χ3v) is 3.40. The van der Waals surface area contributed by atoms with Gasteiger partial charge in [0.05, 0.1) is 0 Å². The van der Waals surface area contributed by atoms with Crippen LogP contribution < -0.4 is 5.32 Å². The lowest BCUT2D eigenvalue weighted by Gasteiger charge is -2.18. The van der Waals surface area contributed by atoms with Gasteiger partial charge in [0.25, 0.3) is 0 Å². The van der Waals surface area contributed by atoms with Crippen LogP contribution in [-0.4, -0.2) is 18.3 Å². The first kappa shape index (κ1) is 14.0. The molecule has 2 heteroatoms. The molecule has 1 aromatic carbocycles. The van der Waals surface area contributed by atoms with Crippen molar-refractivity contribution in [3.8, 4) is 0 Å². The molecule has 0 saturated carbocycles. The molecule has 0 heterocycles. The summed E-state index contributed by atoms with van der Waals surface area (Å²) < 4.78 is 0. The molecule has 0 bridgehead atoms. The van der Waals surface area contributed by atoms with E-state index in [0.29, 0.717) is 5.92 Å². The molecule has 0 aliphatic carbocycles. The van der Waals surface area contributed by atoms with Crippen LogP contribution in [0.3, 0.4) is 0 Å². The number of aryl methyl sites for hydroxylation is 2. The highest BCUT2D eigenvalue weighted by Gasteiger charge is 2.08. The van der Waals surface area contributed by atoms with E-state index in [9.17, 15) is 5.11 Å². The van der Waals surface area contributed by atoms with Gasteiger partial charge in [0.1, 0.15) is 0 Å². The van der Waals surface area contributed by atoms with Crippen molar-refractivity contribution in [1.29, 1.82) is 0 Å². The summed E-state index contributed by atoms with van der Waals surface area (Å²) in [7, 11) is 0. The summed E-state index contributed by atoms with van der Waals surface area (Å²) in [5.74, 6) is 0.351. The van der Waals surface area contributed by atoms with Gasteiger partial charge in [-0.3, -0.25) is 0 Å². The lowest BCUT2D eigenvalue weighted by atomic mass is 10.0. The molecule has 0 saturated heterocycles. The number of hydrogen-bond acceptors (Lipinski definition) is 2. The van der Waals surface area contributed by atoms with Gasteiger partial charge in [-0.25, -0.2) is 0 Å². The third kappa shape index (κ3) is 3.74. The smallest absolute Gasteiger partial charge is 0.0475 e. The molecule has 17 heavy (non-hydrogen) atoms. The maximum atomic E-state index is 9.22. The SMILES string of the molecule is CCc1cccc(CC)c1NCC(CC)CO. The van der Waals surface area contributed by atoms with E-state index in [2.05, 4.69) is 44.3 Å². The van der Waals surface area contributed by atoms with E-state index >= 15 is 0 Å². The fourth-order valence-corrected chi connectivity index (χ4v) is 2.05. The molecule has 1 unspecified atom stereocenters.